The monoisotopic (exact) mass is 354 g/mol. The van der Waals surface area contributed by atoms with Gasteiger partial charge in [0.2, 0.25) is 5.91 Å². The van der Waals surface area contributed by atoms with Crippen LogP contribution in [0.1, 0.15) is 30.4 Å². The fourth-order valence-electron chi connectivity index (χ4n) is 3.95. The molecule has 5 nitrogen and oxygen atoms in total. The van der Waals surface area contributed by atoms with E-state index in [9.17, 15) is 4.79 Å². The lowest BCUT2D eigenvalue weighted by Crippen LogP contribution is -2.41. The summed E-state index contributed by atoms with van der Waals surface area (Å²) >= 11 is 0. The molecule has 0 aromatic heterocycles. The predicted octanol–water partition coefficient (Wildman–Crippen LogP) is 2.39. The van der Waals surface area contributed by atoms with Crippen molar-refractivity contribution in [2.75, 3.05) is 27.3 Å². The Morgan fingerprint density at radius 3 is 2.50 bits per heavy atom. The highest BCUT2D eigenvalue weighted by molar-refractivity contribution is 5.85. The summed E-state index contributed by atoms with van der Waals surface area (Å²) in [6, 6.07) is 4.04. The third kappa shape index (κ3) is 3.47. The summed E-state index contributed by atoms with van der Waals surface area (Å²) < 4.78 is 10.8. The highest BCUT2D eigenvalue weighted by Crippen LogP contribution is 2.36. The maximum atomic E-state index is 12.9. The zero-order valence-corrected chi connectivity index (χ0v) is 15.2. The van der Waals surface area contributed by atoms with Gasteiger partial charge in [-0.25, -0.2) is 0 Å². The molecule has 0 saturated heterocycles. The van der Waals surface area contributed by atoms with E-state index < -0.39 is 0 Å². The van der Waals surface area contributed by atoms with Gasteiger partial charge in [-0.05, 0) is 55.0 Å². The van der Waals surface area contributed by atoms with Crippen LogP contribution >= 0.6 is 12.4 Å². The van der Waals surface area contributed by atoms with Crippen molar-refractivity contribution in [3.05, 3.63) is 23.3 Å². The molecule has 1 aromatic rings. The zero-order valence-electron chi connectivity index (χ0n) is 14.4. The van der Waals surface area contributed by atoms with E-state index in [1.54, 1.807) is 14.2 Å². The van der Waals surface area contributed by atoms with Crippen LogP contribution in [0.25, 0.3) is 0 Å². The van der Waals surface area contributed by atoms with E-state index in [4.69, 9.17) is 15.2 Å². The lowest BCUT2D eigenvalue weighted by atomic mass is 9.92. The van der Waals surface area contributed by atoms with Crippen molar-refractivity contribution in [2.24, 2.45) is 17.6 Å². The SMILES string of the molecule is COc1cc2c(cc1OC)CN(C(=O)[C@@H]1CCC[C@@H]1CN)CC2.Cl. The van der Waals surface area contributed by atoms with E-state index in [1.807, 2.05) is 17.0 Å². The first-order valence-electron chi connectivity index (χ1n) is 8.40. The molecule has 6 heteroatoms. The van der Waals surface area contributed by atoms with Gasteiger partial charge in [0.1, 0.15) is 0 Å². The van der Waals surface area contributed by atoms with Crippen LogP contribution in [0.2, 0.25) is 0 Å². The second-order valence-corrected chi connectivity index (χ2v) is 6.52. The molecule has 1 amide bonds. The van der Waals surface area contributed by atoms with Gasteiger partial charge >= 0.3 is 0 Å². The zero-order chi connectivity index (χ0) is 16.4. The fraction of sp³-hybridized carbons (Fsp3) is 0.611. The Morgan fingerprint density at radius 2 is 1.88 bits per heavy atom. The second-order valence-electron chi connectivity index (χ2n) is 6.52. The summed E-state index contributed by atoms with van der Waals surface area (Å²) in [4.78, 5) is 14.9. The van der Waals surface area contributed by atoms with Crippen molar-refractivity contribution in [3.8, 4) is 11.5 Å². The molecule has 2 N–H and O–H groups in total. The predicted molar refractivity (Wildman–Crippen MR) is 95.8 cm³/mol. The van der Waals surface area contributed by atoms with Crippen molar-refractivity contribution in [3.63, 3.8) is 0 Å². The lowest BCUT2D eigenvalue weighted by Gasteiger charge is -2.32. The average molecular weight is 355 g/mol. The van der Waals surface area contributed by atoms with Gasteiger partial charge in [0.05, 0.1) is 14.2 Å². The Balaban J connectivity index is 0.00000208. The highest BCUT2D eigenvalue weighted by atomic mass is 35.5. The molecule has 2 atom stereocenters. The molecule has 134 valence electrons. The molecule has 1 aliphatic heterocycles. The Kier molecular flexibility index (Phi) is 6.35. The second kappa shape index (κ2) is 8.08. The van der Waals surface area contributed by atoms with Crippen LogP contribution in [0, 0.1) is 11.8 Å². The molecular weight excluding hydrogens is 328 g/mol. The number of benzene rings is 1. The molecular formula is C18H27ClN2O3. The number of halogens is 1. The molecule has 0 unspecified atom stereocenters. The lowest BCUT2D eigenvalue weighted by molar-refractivity contribution is -0.137. The van der Waals surface area contributed by atoms with Crippen molar-refractivity contribution >= 4 is 18.3 Å². The van der Waals surface area contributed by atoms with E-state index in [-0.39, 0.29) is 24.2 Å². The smallest absolute Gasteiger partial charge is 0.226 e. The summed E-state index contributed by atoms with van der Waals surface area (Å²) in [6.07, 6.45) is 4.05. The van der Waals surface area contributed by atoms with Crippen molar-refractivity contribution in [2.45, 2.75) is 32.2 Å². The van der Waals surface area contributed by atoms with E-state index in [1.165, 1.54) is 5.56 Å². The number of rotatable bonds is 4. The normalized spacial score (nSPS) is 22.5. The first kappa shape index (κ1) is 18.9. The van der Waals surface area contributed by atoms with Crippen LogP contribution in [0.15, 0.2) is 12.1 Å². The van der Waals surface area contributed by atoms with Crippen molar-refractivity contribution in [1.29, 1.82) is 0 Å². The van der Waals surface area contributed by atoms with Gasteiger partial charge in [0, 0.05) is 19.0 Å². The maximum absolute atomic E-state index is 12.9. The van der Waals surface area contributed by atoms with Gasteiger partial charge in [-0.1, -0.05) is 6.42 Å². The molecule has 1 heterocycles. The van der Waals surface area contributed by atoms with Gasteiger partial charge in [-0.15, -0.1) is 12.4 Å². The summed E-state index contributed by atoms with van der Waals surface area (Å²) in [5.74, 6) is 2.22. The average Bonchev–Trinajstić information content (AvgIpc) is 3.07. The van der Waals surface area contributed by atoms with Gasteiger partial charge < -0.3 is 20.1 Å². The molecule has 0 bridgehead atoms. The summed E-state index contributed by atoms with van der Waals surface area (Å²) in [5, 5.41) is 0. The first-order chi connectivity index (χ1) is 11.2. The van der Waals surface area contributed by atoms with E-state index in [0.717, 1.165) is 49.3 Å². The molecule has 0 spiro atoms. The van der Waals surface area contributed by atoms with Crippen LogP contribution in [0.4, 0.5) is 0 Å². The highest BCUT2D eigenvalue weighted by Gasteiger charge is 2.35. The van der Waals surface area contributed by atoms with E-state index in [0.29, 0.717) is 19.0 Å². The third-order valence-corrected chi connectivity index (χ3v) is 5.31. The number of amides is 1. The van der Waals surface area contributed by atoms with Crippen LogP contribution in [0.3, 0.4) is 0 Å². The number of carbonyl (C=O) groups excluding carboxylic acids is 1. The molecule has 1 aromatic carbocycles. The third-order valence-electron chi connectivity index (χ3n) is 5.31. The van der Waals surface area contributed by atoms with Crippen molar-refractivity contribution < 1.29 is 14.3 Å². The molecule has 2 aliphatic rings. The molecule has 1 aliphatic carbocycles. The summed E-state index contributed by atoms with van der Waals surface area (Å²) in [7, 11) is 3.29. The molecule has 24 heavy (non-hydrogen) atoms. The van der Waals surface area contributed by atoms with Gasteiger partial charge in [0.25, 0.3) is 0 Å². The molecule has 1 fully saturated rings. The Morgan fingerprint density at radius 1 is 1.21 bits per heavy atom. The number of fused-ring (bicyclic) bond motifs is 1. The van der Waals surface area contributed by atoms with Crippen LogP contribution in [0.5, 0.6) is 11.5 Å². The fourth-order valence-corrected chi connectivity index (χ4v) is 3.95. The Bertz CT molecular complexity index is 594. The van der Waals surface area contributed by atoms with E-state index >= 15 is 0 Å². The number of carbonyl (C=O) groups is 1. The van der Waals surface area contributed by atoms with E-state index in [2.05, 4.69) is 0 Å². The minimum atomic E-state index is 0. The molecule has 1 saturated carbocycles. The number of hydrogen-bond donors (Lipinski definition) is 1. The van der Waals surface area contributed by atoms with Crippen LogP contribution in [-0.2, 0) is 17.8 Å². The van der Waals surface area contributed by atoms with Crippen LogP contribution in [-0.4, -0.2) is 38.1 Å². The van der Waals surface area contributed by atoms with Gasteiger partial charge in [-0.3, -0.25) is 4.79 Å². The summed E-state index contributed by atoms with van der Waals surface area (Å²) in [5.41, 5.74) is 8.24. The Hall–Kier alpha value is -1.46. The maximum Gasteiger partial charge on any atom is 0.226 e. The van der Waals surface area contributed by atoms with Gasteiger partial charge in [0.15, 0.2) is 11.5 Å². The molecule has 0 radical (unpaired) electrons. The minimum Gasteiger partial charge on any atom is -0.493 e. The number of nitrogens with zero attached hydrogens (tertiary/aromatic N) is 1. The van der Waals surface area contributed by atoms with Crippen LogP contribution < -0.4 is 15.2 Å². The number of ether oxygens (including phenoxy) is 2. The van der Waals surface area contributed by atoms with Gasteiger partial charge in [-0.2, -0.15) is 0 Å². The quantitative estimate of drug-likeness (QED) is 0.901. The number of nitrogens with two attached hydrogens (primary N) is 1. The minimum absolute atomic E-state index is 0. The summed E-state index contributed by atoms with van der Waals surface area (Å²) in [6.45, 7) is 2.04. The Labute approximate surface area is 149 Å². The standard InChI is InChI=1S/C18H26N2O3.ClH/c1-22-16-8-12-6-7-20(11-14(12)9-17(16)23-2)18(21)15-5-3-4-13(15)10-19;/h8-9,13,15H,3-7,10-11,19H2,1-2H3;1H/t13-,15-;/m1./s1. The first-order valence-corrected chi connectivity index (χ1v) is 8.40. The van der Waals surface area contributed by atoms with Crippen molar-refractivity contribution in [1.82, 2.24) is 4.90 Å². The number of methoxy groups -OCH3 is 2. The topological polar surface area (TPSA) is 64.8 Å². The number of hydrogen-bond acceptors (Lipinski definition) is 4. The largest absolute Gasteiger partial charge is 0.493 e. The molecule has 3 rings (SSSR count).